The monoisotopic (exact) mass is 608 g/mol. The van der Waals surface area contributed by atoms with Gasteiger partial charge in [-0.05, 0) is 149 Å². The van der Waals surface area contributed by atoms with E-state index in [9.17, 15) is 0 Å². The molecule has 0 saturated carbocycles. The van der Waals surface area contributed by atoms with E-state index >= 15 is 0 Å². The minimum Gasteiger partial charge on any atom is -0.310 e. The van der Waals surface area contributed by atoms with E-state index in [0.717, 1.165) is 24.2 Å². The van der Waals surface area contributed by atoms with E-state index in [1.807, 2.05) is 0 Å². The van der Waals surface area contributed by atoms with Crippen molar-refractivity contribution in [2.75, 3.05) is 9.80 Å². The van der Waals surface area contributed by atoms with Crippen LogP contribution >= 0.6 is 0 Å². The highest BCUT2D eigenvalue weighted by Gasteiger charge is 2.21. The molecule has 0 aromatic heterocycles. The van der Waals surface area contributed by atoms with E-state index in [1.165, 1.54) is 92.9 Å². The van der Waals surface area contributed by atoms with E-state index in [-0.39, 0.29) is 0 Å². The Bertz CT molecular complexity index is 1570. The number of nitrogens with zero attached hydrogens (tertiary/aromatic N) is 2. The van der Waals surface area contributed by atoms with Crippen LogP contribution in [0.25, 0.3) is 0 Å². The van der Waals surface area contributed by atoms with Gasteiger partial charge in [-0.2, -0.15) is 0 Å². The topological polar surface area (TPSA) is 6.48 Å². The summed E-state index contributed by atoms with van der Waals surface area (Å²) in [7, 11) is 0. The highest BCUT2D eigenvalue weighted by molar-refractivity contribution is 5.84. The number of benzene rings is 5. The third-order valence-electron chi connectivity index (χ3n) is 9.14. The second-order valence-electron chi connectivity index (χ2n) is 13.2. The lowest BCUT2D eigenvalue weighted by Crippen LogP contribution is -2.15. The molecule has 238 valence electrons. The molecule has 0 aliphatic rings. The quantitative estimate of drug-likeness (QED) is 0.139. The van der Waals surface area contributed by atoms with E-state index < -0.39 is 0 Å². The first-order chi connectivity index (χ1) is 22.2. The van der Waals surface area contributed by atoms with E-state index in [1.54, 1.807) is 0 Å². The Hall–Kier alpha value is -4.30. The number of hydrogen-bond donors (Lipinski definition) is 0. The molecule has 0 aliphatic carbocycles. The molecule has 2 heteroatoms. The number of rotatable bonds is 12. The zero-order valence-electron chi connectivity index (χ0n) is 29.4. The van der Waals surface area contributed by atoms with Gasteiger partial charge in [0.1, 0.15) is 0 Å². The maximum absolute atomic E-state index is 2.44. The Morgan fingerprint density at radius 3 is 0.913 bits per heavy atom. The molecular weight excluding hydrogens is 556 g/mol. The summed E-state index contributed by atoms with van der Waals surface area (Å²) in [5, 5.41) is 0. The van der Waals surface area contributed by atoms with Crippen molar-refractivity contribution in [2.45, 2.75) is 93.9 Å². The zero-order chi connectivity index (χ0) is 32.8. The van der Waals surface area contributed by atoms with Crippen molar-refractivity contribution >= 4 is 34.1 Å². The van der Waals surface area contributed by atoms with E-state index in [2.05, 4.69) is 162 Å². The first kappa shape index (κ1) is 33.1. The van der Waals surface area contributed by atoms with Crippen molar-refractivity contribution < 1.29 is 0 Å². The number of anilines is 6. The first-order valence-electron chi connectivity index (χ1n) is 17.2. The molecule has 0 heterocycles. The van der Waals surface area contributed by atoms with Crippen molar-refractivity contribution in [3.8, 4) is 0 Å². The van der Waals surface area contributed by atoms with Crippen molar-refractivity contribution in [3.05, 3.63) is 142 Å². The smallest absolute Gasteiger partial charge is 0.0520 e. The summed E-state index contributed by atoms with van der Waals surface area (Å²) >= 11 is 0. The van der Waals surface area contributed by atoms with Gasteiger partial charge in [0.05, 0.1) is 11.4 Å². The van der Waals surface area contributed by atoms with Crippen molar-refractivity contribution in [1.29, 1.82) is 0 Å². The SMILES string of the molecule is CCCCc1cc(C)c(N(c2ccc(C)cc2)c2ccc(N(c3ccc(C)cc3)c3c(C)cc(CCCC)cc3C)cc2)c(C)c1. The van der Waals surface area contributed by atoms with Gasteiger partial charge >= 0.3 is 0 Å². The van der Waals surface area contributed by atoms with Crippen LogP contribution in [0.5, 0.6) is 0 Å². The van der Waals surface area contributed by atoms with Gasteiger partial charge in [-0.25, -0.2) is 0 Å². The molecule has 0 aliphatic heterocycles. The van der Waals surface area contributed by atoms with Crippen molar-refractivity contribution in [2.24, 2.45) is 0 Å². The Morgan fingerprint density at radius 1 is 0.391 bits per heavy atom. The predicted molar refractivity (Wildman–Crippen MR) is 201 cm³/mol. The molecule has 0 bridgehead atoms. The van der Waals surface area contributed by atoms with Crippen molar-refractivity contribution in [3.63, 3.8) is 0 Å². The molecular formula is C44H52N2. The zero-order valence-corrected chi connectivity index (χ0v) is 29.4. The maximum atomic E-state index is 2.44. The molecule has 0 radical (unpaired) electrons. The van der Waals surface area contributed by atoms with Crippen LogP contribution in [0.4, 0.5) is 34.1 Å². The summed E-state index contributed by atoms with van der Waals surface area (Å²) in [5.41, 5.74) is 17.8. The molecule has 46 heavy (non-hydrogen) atoms. The van der Waals surface area contributed by atoms with Gasteiger partial charge in [-0.15, -0.1) is 0 Å². The van der Waals surface area contributed by atoms with Crippen LogP contribution in [-0.2, 0) is 12.8 Å². The molecule has 0 atom stereocenters. The Morgan fingerprint density at radius 2 is 0.652 bits per heavy atom. The predicted octanol–water partition coefficient (Wildman–Crippen LogP) is 13.2. The molecule has 0 spiro atoms. The third-order valence-corrected chi connectivity index (χ3v) is 9.14. The summed E-state index contributed by atoms with van der Waals surface area (Å²) in [6.45, 7) is 17.9. The first-order valence-corrected chi connectivity index (χ1v) is 17.2. The highest BCUT2D eigenvalue weighted by atomic mass is 15.2. The van der Waals surface area contributed by atoms with Gasteiger partial charge in [0.2, 0.25) is 0 Å². The van der Waals surface area contributed by atoms with Gasteiger partial charge in [0.25, 0.3) is 0 Å². The maximum Gasteiger partial charge on any atom is 0.0520 e. The fourth-order valence-corrected chi connectivity index (χ4v) is 6.80. The third kappa shape index (κ3) is 7.39. The fourth-order valence-electron chi connectivity index (χ4n) is 6.80. The lowest BCUT2D eigenvalue weighted by Gasteiger charge is -2.31. The van der Waals surface area contributed by atoms with Gasteiger partial charge in [-0.1, -0.05) is 86.3 Å². The highest BCUT2D eigenvalue weighted by Crippen LogP contribution is 2.43. The number of hydrogen-bond acceptors (Lipinski definition) is 2. The average Bonchev–Trinajstić information content (AvgIpc) is 3.04. The molecule has 0 saturated heterocycles. The van der Waals surface area contributed by atoms with Crippen LogP contribution in [0.1, 0.15) is 84.0 Å². The summed E-state index contributed by atoms with van der Waals surface area (Å²) in [5.74, 6) is 0. The van der Waals surface area contributed by atoms with E-state index in [4.69, 9.17) is 0 Å². The number of unbranched alkanes of at least 4 members (excludes halogenated alkanes) is 2. The molecule has 0 amide bonds. The average molecular weight is 609 g/mol. The second kappa shape index (κ2) is 14.9. The van der Waals surface area contributed by atoms with Gasteiger partial charge in [0.15, 0.2) is 0 Å². The Balaban J connectivity index is 1.62. The minimum absolute atomic E-state index is 1.13. The molecule has 0 fully saturated rings. The Kier molecular flexibility index (Phi) is 10.7. The summed E-state index contributed by atoms with van der Waals surface area (Å²) in [4.78, 5) is 4.87. The fraction of sp³-hybridized carbons (Fsp3) is 0.318. The molecule has 5 aromatic carbocycles. The summed E-state index contributed by atoms with van der Waals surface area (Å²) in [6, 6.07) is 36.6. The standard InChI is InChI=1S/C44H52N2/c1-9-11-13-37-27-33(5)43(34(6)28-37)45(39-19-15-31(3)16-20-39)41-23-25-42(26-24-41)46(40-21-17-32(4)18-22-40)44-35(7)29-38(14-12-10-2)30-36(44)8/h15-30H,9-14H2,1-8H3. The molecule has 0 unspecified atom stereocenters. The van der Waals surface area contributed by atoms with Crippen LogP contribution < -0.4 is 9.80 Å². The van der Waals surface area contributed by atoms with Crippen LogP contribution in [0.2, 0.25) is 0 Å². The second-order valence-corrected chi connectivity index (χ2v) is 13.2. The van der Waals surface area contributed by atoms with Gasteiger partial charge in [0, 0.05) is 22.7 Å². The lowest BCUT2D eigenvalue weighted by atomic mass is 9.98. The van der Waals surface area contributed by atoms with Crippen LogP contribution in [-0.4, -0.2) is 0 Å². The van der Waals surface area contributed by atoms with Gasteiger partial charge in [-0.3, -0.25) is 0 Å². The van der Waals surface area contributed by atoms with E-state index in [0.29, 0.717) is 0 Å². The van der Waals surface area contributed by atoms with Crippen LogP contribution in [0.15, 0.2) is 97.1 Å². The molecule has 0 N–H and O–H groups in total. The van der Waals surface area contributed by atoms with Crippen LogP contribution in [0, 0.1) is 41.5 Å². The molecule has 5 rings (SSSR count). The Labute approximate surface area is 278 Å². The number of aryl methyl sites for hydroxylation is 8. The largest absolute Gasteiger partial charge is 0.310 e. The van der Waals surface area contributed by atoms with Gasteiger partial charge < -0.3 is 9.80 Å². The van der Waals surface area contributed by atoms with Crippen molar-refractivity contribution in [1.82, 2.24) is 0 Å². The lowest BCUT2D eigenvalue weighted by molar-refractivity contribution is 0.794. The molecule has 5 aromatic rings. The normalized spacial score (nSPS) is 11.1. The molecule has 2 nitrogen and oxygen atoms in total. The summed E-state index contributed by atoms with van der Waals surface area (Å²) < 4.78 is 0. The summed E-state index contributed by atoms with van der Waals surface area (Å²) in [6.07, 6.45) is 7.13. The minimum atomic E-state index is 1.13. The van der Waals surface area contributed by atoms with Crippen LogP contribution in [0.3, 0.4) is 0 Å².